The van der Waals surface area contributed by atoms with E-state index in [0.29, 0.717) is 16.9 Å². The molecule has 0 aliphatic heterocycles. The van der Waals surface area contributed by atoms with Gasteiger partial charge in [0.2, 0.25) is 0 Å². The van der Waals surface area contributed by atoms with Gasteiger partial charge in [0.1, 0.15) is 5.82 Å². The van der Waals surface area contributed by atoms with Crippen LogP contribution in [0.1, 0.15) is 35.3 Å². The molecule has 1 unspecified atom stereocenters. The number of aryl methyl sites for hydroxylation is 3. The number of benzene rings is 2. The summed E-state index contributed by atoms with van der Waals surface area (Å²) in [6.07, 6.45) is 5.38. The lowest BCUT2D eigenvalue weighted by atomic mass is 10.0. The summed E-state index contributed by atoms with van der Waals surface area (Å²) < 4.78 is 31.1. The molecule has 0 saturated carbocycles. The van der Waals surface area contributed by atoms with Gasteiger partial charge in [0.15, 0.2) is 17.2 Å². The molecule has 3 heterocycles. The second-order valence-corrected chi connectivity index (χ2v) is 8.61. The van der Waals surface area contributed by atoms with Crippen LogP contribution in [0.2, 0.25) is 0 Å². The number of nitrogens with one attached hydrogen (secondary N) is 1. The number of aromatic amines is 1. The minimum Gasteiger partial charge on any atom is -0.338 e. The van der Waals surface area contributed by atoms with Gasteiger partial charge in [-0.3, -0.25) is 4.79 Å². The molecule has 6 nitrogen and oxygen atoms in total. The van der Waals surface area contributed by atoms with Crippen LogP contribution in [0.15, 0.2) is 59.9 Å². The number of imidazole rings is 2. The molecule has 1 N–H and O–H groups in total. The van der Waals surface area contributed by atoms with E-state index in [0.717, 1.165) is 28.6 Å². The maximum Gasteiger partial charge on any atom is 0.279 e. The van der Waals surface area contributed by atoms with Crippen LogP contribution in [0.25, 0.3) is 28.1 Å². The summed E-state index contributed by atoms with van der Waals surface area (Å²) in [5.41, 5.74) is 5.13. The summed E-state index contributed by atoms with van der Waals surface area (Å²) in [5, 5.41) is 0. The molecular formula is C26H23F2N5O. The summed E-state index contributed by atoms with van der Waals surface area (Å²) in [4.78, 5) is 25.3. The molecule has 0 saturated heterocycles. The maximum atomic E-state index is 13.9. The molecule has 0 aliphatic carbocycles. The van der Waals surface area contributed by atoms with Crippen LogP contribution in [0.3, 0.4) is 0 Å². The van der Waals surface area contributed by atoms with Gasteiger partial charge in [0, 0.05) is 23.6 Å². The molecule has 172 valence electrons. The molecule has 0 amide bonds. The van der Waals surface area contributed by atoms with E-state index in [-0.39, 0.29) is 16.6 Å². The summed E-state index contributed by atoms with van der Waals surface area (Å²) >= 11 is 0. The zero-order chi connectivity index (χ0) is 24.1. The molecule has 0 fully saturated rings. The highest BCUT2D eigenvalue weighted by molar-refractivity contribution is 5.78. The van der Waals surface area contributed by atoms with Gasteiger partial charge < -0.3 is 14.1 Å². The number of halogens is 2. The highest BCUT2D eigenvalue weighted by Crippen LogP contribution is 2.25. The van der Waals surface area contributed by atoms with E-state index >= 15 is 0 Å². The molecule has 34 heavy (non-hydrogen) atoms. The van der Waals surface area contributed by atoms with Crippen LogP contribution in [0.4, 0.5) is 8.78 Å². The largest absolute Gasteiger partial charge is 0.338 e. The molecule has 0 bridgehead atoms. The highest BCUT2D eigenvalue weighted by Gasteiger charge is 2.18. The van der Waals surface area contributed by atoms with Crippen molar-refractivity contribution in [1.29, 1.82) is 0 Å². The van der Waals surface area contributed by atoms with Crippen LogP contribution >= 0.6 is 0 Å². The number of H-pyrrole nitrogens is 1. The predicted molar refractivity (Wildman–Crippen MR) is 127 cm³/mol. The van der Waals surface area contributed by atoms with Crippen molar-refractivity contribution < 1.29 is 8.78 Å². The second kappa shape index (κ2) is 8.06. The third-order valence-corrected chi connectivity index (χ3v) is 6.16. The van der Waals surface area contributed by atoms with E-state index in [9.17, 15) is 13.6 Å². The van der Waals surface area contributed by atoms with Gasteiger partial charge in [-0.1, -0.05) is 6.07 Å². The Balaban J connectivity index is 1.53. The zero-order valence-electron chi connectivity index (χ0n) is 19.2. The second-order valence-electron chi connectivity index (χ2n) is 8.61. The molecule has 0 aliphatic rings. The molecule has 0 radical (unpaired) electrons. The van der Waals surface area contributed by atoms with E-state index in [1.165, 1.54) is 11.5 Å². The number of pyridine rings is 1. The quantitative estimate of drug-likeness (QED) is 0.392. The average molecular weight is 460 g/mol. The number of fused-ring (bicyclic) bond motifs is 1. The molecule has 3 aromatic heterocycles. The fourth-order valence-corrected chi connectivity index (χ4v) is 4.26. The van der Waals surface area contributed by atoms with Crippen LogP contribution < -0.4 is 5.56 Å². The average Bonchev–Trinajstić information content (AvgIpc) is 3.44. The number of nitrogens with zero attached hydrogens (tertiary/aromatic N) is 4. The number of aromatic nitrogens is 5. The monoisotopic (exact) mass is 459 g/mol. The molecule has 8 heteroatoms. The Hall–Kier alpha value is -4.07. The predicted octanol–water partition coefficient (Wildman–Crippen LogP) is 5.39. The molecule has 1 atom stereocenters. The normalized spacial score (nSPS) is 12.4. The maximum absolute atomic E-state index is 13.9. The van der Waals surface area contributed by atoms with E-state index in [4.69, 9.17) is 0 Å². The summed E-state index contributed by atoms with van der Waals surface area (Å²) in [7, 11) is 0. The van der Waals surface area contributed by atoms with Gasteiger partial charge >= 0.3 is 0 Å². The van der Waals surface area contributed by atoms with Crippen molar-refractivity contribution in [2.45, 2.75) is 33.7 Å². The van der Waals surface area contributed by atoms with Crippen molar-refractivity contribution in [2.24, 2.45) is 0 Å². The first-order valence-corrected chi connectivity index (χ1v) is 10.9. The van der Waals surface area contributed by atoms with Gasteiger partial charge in [0.05, 0.1) is 23.6 Å². The Morgan fingerprint density at radius 2 is 1.82 bits per heavy atom. The van der Waals surface area contributed by atoms with Crippen molar-refractivity contribution >= 4 is 11.0 Å². The Morgan fingerprint density at radius 3 is 2.50 bits per heavy atom. The molecular weight excluding hydrogens is 436 g/mol. The molecule has 2 aromatic carbocycles. The topological polar surface area (TPSA) is 68.5 Å². The number of rotatable bonds is 4. The Morgan fingerprint density at radius 1 is 1.03 bits per heavy atom. The Bertz CT molecular complexity index is 1590. The van der Waals surface area contributed by atoms with Gasteiger partial charge in [-0.15, -0.1) is 0 Å². The minimum absolute atomic E-state index is 0.197. The Kier molecular flexibility index (Phi) is 5.16. The molecule has 5 aromatic rings. The SMILES string of the molecule is Cc1cn(-c2ccc(-c3nc4c(=O)n(C(C)c5cc(C)c(F)c(F)c5)ccc4[nH]3)cc2C)cn1. The van der Waals surface area contributed by atoms with Crippen molar-refractivity contribution in [1.82, 2.24) is 24.1 Å². The first-order valence-electron chi connectivity index (χ1n) is 10.9. The zero-order valence-corrected chi connectivity index (χ0v) is 19.2. The summed E-state index contributed by atoms with van der Waals surface area (Å²) in [6, 6.07) is 9.91. The third-order valence-electron chi connectivity index (χ3n) is 6.16. The van der Waals surface area contributed by atoms with Gasteiger partial charge in [0.25, 0.3) is 5.56 Å². The Labute approximate surface area is 194 Å². The van der Waals surface area contributed by atoms with Gasteiger partial charge in [-0.25, -0.2) is 18.7 Å². The van der Waals surface area contributed by atoms with Crippen molar-refractivity contribution in [2.75, 3.05) is 0 Å². The van der Waals surface area contributed by atoms with Crippen LogP contribution in [0, 0.1) is 32.4 Å². The minimum atomic E-state index is -0.928. The lowest BCUT2D eigenvalue weighted by Gasteiger charge is -2.16. The lowest BCUT2D eigenvalue weighted by molar-refractivity contribution is 0.497. The summed E-state index contributed by atoms with van der Waals surface area (Å²) in [6.45, 7) is 7.22. The van der Waals surface area contributed by atoms with Crippen molar-refractivity contribution in [3.8, 4) is 17.1 Å². The van der Waals surface area contributed by atoms with Crippen molar-refractivity contribution in [3.63, 3.8) is 0 Å². The fourth-order valence-electron chi connectivity index (χ4n) is 4.26. The van der Waals surface area contributed by atoms with Crippen LogP contribution in [-0.2, 0) is 0 Å². The third kappa shape index (κ3) is 3.61. The van der Waals surface area contributed by atoms with Crippen LogP contribution in [0.5, 0.6) is 0 Å². The first kappa shape index (κ1) is 21.8. The molecule has 0 spiro atoms. The van der Waals surface area contributed by atoms with Crippen molar-refractivity contribution in [3.05, 3.63) is 99.5 Å². The lowest BCUT2D eigenvalue weighted by Crippen LogP contribution is -2.23. The fraction of sp³-hybridized carbons (Fsp3) is 0.192. The van der Waals surface area contributed by atoms with E-state index in [2.05, 4.69) is 15.0 Å². The standard InChI is InChI=1S/C26H23F2N5O/c1-14-9-18(5-6-22(14)32-12-16(3)29-13-32)25-30-21-7-8-33(26(34)24(21)31-25)17(4)19-10-15(2)23(28)20(27)11-19/h5-13,17H,1-4H3,(H,30,31). The molecule has 5 rings (SSSR count). The number of hydrogen-bond acceptors (Lipinski definition) is 3. The van der Waals surface area contributed by atoms with E-state index < -0.39 is 17.7 Å². The van der Waals surface area contributed by atoms with Crippen LogP contribution in [-0.4, -0.2) is 24.1 Å². The van der Waals surface area contributed by atoms with Gasteiger partial charge in [-0.2, -0.15) is 0 Å². The highest BCUT2D eigenvalue weighted by atomic mass is 19.2. The number of hydrogen-bond donors (Lipinski definition) is 1. The van der Waals surface area contributed by atoms with E-state index in [1.807, 2.05) is 42.8 Å². The van der Waals surface area contributed by atoms with Gasteiger partial charge in [-0.05, 0) is 74.7 Å². The van der Waals surface area contributed by atoms with E-state index in [1.54, 1.807) is 31.6 Å². The smallest absolute Gasteiger partial charge is 0.279 e. The summed E-state index contributed by atoms with van der Waals surface area (Å²) in [5.74, 6) is -1.22. The first-order chi connectivity index (χ1) is 16.2.